The van der Waals surface area contributed by atoms with Crippen molar-refractivity contribution < 1.29 is 10.0 Å². The summed E-state index contributed by atoms with van der Waals surface area (Å²) in [5.41, 5.74) is 8.39. The predicted octanol–water partition coefficient (Wildman–Crippen LogP) is 7.10. The Labute approximate surface area is 204 Å². The van der Waals surface area contributed by atoms with Crippen LogP contribution < -0.4 is 10.8 Å². The number of thioether (sulfide) groups is 1. The second-order valence-electron chi connectivity index (χ2n) is 9.00. The van der Waals surface area contributed by atoms with Crippen LogP contribution in [-0.4, -0.2) is 33.6 Å². The number of hydroxylamine groups is 1. The maximum Gasteiger partial charge on any atom is 0.266 e. The van der Waals surface area contributed by atoms with Gasteiger partial charge in [-0.2, -0.15) is 11.8 Å². The predicted molar refractivity (Wildman–Crippen MR) is 144 cm³/mol. The standard InChI is InChI=1S/C27H43N3O2S/c1-20(2)9-7-10-22(5)11-8-12-24(14-13-21(3)4)16-18-33-19-25(27(31)30-32)29-26-23(6)15-17-28-26/h9,11,13,15-17,25,28-29,32H,7-8,10,12,14,18-19H2,1-6H3,(H,30,31)/b22-11+,24-16-. The van der Waals surface area contributed by atoms with Gasteiger partial charge in [-0.1, -0.05) is 46.6 Å². The molecule has 1 rings (SSSR count). The number of amides is 1. The quantitative estimate of drug-likeness (QED) is 0.0948. The number of carbonyl (C=O) groups excluding carboxylic acids is 1. The van der Waals surface area contributed by atoms with Gasteiger partial charge in [-0.25, -0.2) is 5.48 Å². The van der Waals surface area contributed by atoms with Gasteiger partial charge in [-0.3, -0.25) is 10.0 Å². The Balaban J connectivity index is 2.63. The second kappa shape index (κ2) is 16.4. The SMILES string of the molecule is CC(C)=CCC/C(C)=C/CC/C(=C/CSCC(Nc1[nH]ccc1C)C(=O)NO)CC=C(C)C. The lowest BCUT2D eigenvalue weighted by molar-refractivity contribution is -0.129. The summed E-state index contributed by atoms with van der Waals surface area (Å²) in [6.07, 6.45) is 16.4. The zero-order chi connectivity index (χ0) is 24.6. The van der Waals surface area contributed by atoms with Crippen LogP contribution in [0.1, 0.15) is 72.3 Å². The number of anilines is 1. The lowest BCUT2D eigenvalue weighted by Gasteiger charge is -2.17. The molecule has 0 fully saturated rings. The van der Waals surface area contributed by atoms with Crippen molar-refractivity contribution >= 4 is 23.5 Å². The molecule has 33 heavy (non-hydrogen) atoms. The molecule has 0 aliphatic rings. The Morgan fingerprint density at radius 3 is 2.36 bits per heavy atom. The summed E-state index contributed by atoms with van der Waals surface area (Å²) >= 11 is 1.68. The Morgan fingerprint density at radius 2 is 1.76 bits per heavy atom. The Bertz CT molecular complexity index is 841. The molecule has 0 bridgehead atoms. The van der Waals surface area contributed by atoms with E-state index < -0.39 is 11.9 Å². The number of hydrogen-bond acceptors (Lipinski definition) is 4. The smallest absolute Gasteiger partial charge is 0.266 e. The van der Waals surface area contributed by atoms with Crippen LogP contribution in [-0.2, 0) is 4.79 Å². The Kier molecular flexibility index (Phi) is 14.4. The molecule has 1 heterocycles. The fraction of sp³-hybridized carbons (Fsp3) is 0.519. The summed E-state index contributed by atoms with van der Waals surface area (Å²) in [6, 6.07) is 1.43. The highest BCUT2D eigenvalue weighted by Gasteiger charge is 2.18. The number of aromatic amines is 1. The largest absolute Gasteiger partial charge is 0.359 e. The summed E-state index contributed by atoms with van der Waals surface area (Å²) in [5, 5.41) is 12.3. The van der Waals surface area contributed by atoms with Crippen LogP contribution in [0.4, 0.5) is 5.82 Å². The maximum absolute atomic E-state index is 12.1. The van der Waals surface area contributed by atoms with Crippen LogP contribution >= 0.6 is 11.8 Å². The molecule has 1 unspecified atom stereocenters. The first-order chi connectivity index (χ1) is 15.7. The first-order valence-electron chi connectivity index (χ1n) is 11.7. The van der Waals surface area contributed by atoms with Gasteiger partial charge in [-0.05, 0) is 85.3 Å². The van der Waals surface area contributed by atoms with Crippen LogP contribution in [0, 0.1) is 6.92 Å². The Hall–Kier alpha value is -2.18. The number of hydrogen-bond donors (Lipinski definition) is 4. The lowest BCUT2D eigenvalue weighted by atomic mass is 10.0. The minimum Gasteiger partial charge on any atom is -0.359 e. The van der Waals surface area contributed by atoms with Gasteiger partial charge >= 0.3 is 0 Å². The number of nitrogens with one attached hydrogen (secondary N) is 3. The van der Waals surface area contributed by atoms with Gasteiger partial charge in [0.05, 0.1) is 0 Å². The molecule has 1 amide bonds. The van der Waals surface area contributed by atoms with Crippen molar-refractivity contribution in [3.63, 3.8) is 0 Å². The first kappa shape index (κ1) is 28.9. The minimum atomic E-state index is -0.515. The molecule has 1 aromatic rings. The van der Waals surface area contributed by atoms with Crippen molar-refractivity contribution in [2.24, 2.45) is 0 Å². The molecule has 1 atom stereocenters. The summed E-state index contributed by atoms with van der Waals surface area (Å²) in [4.78, 5) is 15.2. The molecule has 0 spiro atoms. The molecular formula is C27H43N3O2S. The van der Waals surface area contributed by atoms with E-state index in [2.05, 4.69) is 69.2 Å². The lowest BCUT2D eigenvalue weighted by Crippen LogP contribution is -2.40. The summed E-state index contributed by atoms with van der Waals surface area (Å²) in [6.45, 7) is 12.7. The van der Waals surface area contributed by atoms with Gasteiger partial charge in [0.15, 0.2) is 0 Å². The van der Waals surface area contributed by atoms with E-state index in [1.807, 2.05) is 19.2 Å². The number of allylic oxidation sites excluding steroid dienone is 7. The van der Waals surface area contributed by atoms with Crippen LogP contribution in [0.3, 0.4) is 0 Å². The van der Waals surface area contributed by atoms with E-state index in [4.69, 9.17) is 5.21 Å². The Morgan fingerprint density at radius 1 is 1.06 bits per heavy atom. The van der Waals surface area contributed by atoms with Crippen LogP contribution in [0.15, 0.2) is 58.9 Å². The van der Waals surface area contributed by atoms with E-state index in [-0.39, 0.29) is 0 Å². The van der Waals surface area contributed by atoms with Gasteiger partial charge in [0, 0.05) is 17.7 Å². The van der Waals surface area contributed by atoms with E-state index in [1.54, 1.807) is 17.2 Å². The van der Waals surface area contributed by atoms with E-state index >= 15 is 0 Å². The average molecular weight is 474 g/mol. The molecule has 184 valence electrons. The maximum atomic E-state index is 12.1. The number of aromatic nitrogens is 1. The molecule has 1 aromatic heterocycles. The number of aryl methyl sites for hydroxylation is 1. The minimum absolute atomic E-state index is 0.432. The highest BCUT2D eigenvalue weighted by atomic mass is 32.2. The fourth-order valence-electron chi connectivity index (χ4n) is 3.22. The molecule has 5 nitrogen and oxygen atoms in total. The van der Waals surface area contributed by atoms with E-state index in [9.17, 15) is 4.79 Å². The van der Waals surface area contributed by atoms with Crippen molar-refractivity contribution in [3.05, 3.63) is 64.4 Å². The highest BCUT2D eigenvalue weighted by Crippen LogP contribution is 2.18. The summed E-state index contributed by atoms with van der Waals surface area (Å²) in [5.74, 6) is 1.76. The molecule has 0 aliphatic heterocycles. The van der Waals surface area contributed by atoms with Gasteiger partial charge in [0.1, 0.15) is 11.9 Å². The topological polar surface area (TPSA) is 77.2 Å². The van der Waals surface area contributed by atoms with E-state index in [0.29, 0.717) is 5.75 Å². The van der Waals surface area contributed by atoms with Gasteiger partial charge in [-0.15, -0.1) is 0 Å². The van der Waals surface area contributed by atoms with Gasteiger partial charge < -0.3 is 10.3 Å². The van der Waals surface area contributed by atoms with Gasteiger partial charge in [0.25, 0.3) is 5.91 Å². The third kappa shape index (κ3) is 13.2. The zero-order valence-electron chi connectivity index (χ0n) is 21.3. The molecule has 0 saturated carbocycles. The number of rotatable bonds is 15. The highest BCUT2D eigenvalue weighted by molar-refractivity contribution is 7.99. The van der Waals surface area contributed by atoms with E-state index in [1.165, 1.54) is 22.3 Å². The van der Waals surface area contributed by atoms with Crippen molar-refractivity contribution in [3.8, 4) is 0 Å². The average Bonchev–Trinajstić information content (AvgIpc) is 3.16. The van der Waals surface area contributed by atoms with Crippen molar-refractivity contribution in [1.82, 2.24) is 10.5 Å². The molecular weight excluding hydrogens is 430 g/mol. The van der Waals surface area contributed by atoms with Crippen LogP contribution in [0.25, 0.3) is 0 Å². The van der Waals surface area contributed by atoms with Gasteiger partial charge in [0.2, 0.25) is 0 Å². The molecule has 6 heteroatoms. The second-order valence-corrected chi connectivity index (χ2v) is 10.1. The third-order valence-electron chi connectivity index (χ3n) is 5.30. The molecule has 0 saturated heterocycles. The molecule has 4 N–H and O–H groups in total. The van der Waals surface area contributed by atoms with Crippen molar-refractivity contribution in [1.29, 1.82) is 0 Å². The normalized spacial score (nSPS) is 12.8. The van der Waals surface area contributed by atoms with E-state index in [0.717, 1.165) is 49.2 Å². The zero-order valence-corrected chi connectivity index (χ0v) is 22.1. The van der Waals surface area contributed by atoms with Crippen LogP contribution in [0.2, 0.25) is 0 Å². The molecule has 0 aliphatic carbocycles. The molecule has 0 aromatic carbocycles. The van der Waals surface area contributed by atoms with Crippen molar-refractivity contribution in [2.45, 2.75) is 79.7 Å². The fourth-order valence-corrected chi connectivity index (χ4v) is 4.18. The number of carbonyl (C=O) groups is 1. The van der Waals surface area contributed by atoms with Crippen LogP contribution in [0.5, 0.6) is 0 Å². The third-order valence-corrected chi connectivity index (χ3v) is 6.27. The first-order valence-corrected chi connectivity index (χ1v) is 12.9. The van der Waals surface area contributed by atoms with Crippen molar-refractivity contribution in [2.75, 3.05) is 16.8 Å². The molecule has 0 radical (unpaired) electrons. The summed E-state index contributed by atoms with van der Waals surface area (Å²) in [7, 11) is 0. The monoisotopic (exact) mass is 473 g/mol. The number of H-pyrrole nitrogens is 1. The summed E-state index contributed by atoms with van der Waals surface area (Å²) < 4.78 is 0.